The lowest BCUT2D eigenvalue weighted by Crippen LogP contribution is -2.51. The Kier molecular flexibility index (Phi) is 18.4. The van der Waals surface area contributed by atoms with Gasteiger partial charge in [0.1, 0.15) is 6.61 Å². The van der Waals surface area contributed by atoms with Gasteiger partial charge in [0.2, 0.25) is 12.3 Å². The molecule has 21 heteroatoms. The lowest BCUT2D eigenvalue weighted by molar-refractivity contribution is -0.146. The summed E-state index contributed by atoms with van der Waals surface area (Å²) in [5.41, 5.74) is 4.29. The summed E-state index contributed by atoms with van der Waals surface area (Å²) in [5.74, 6) is -2.39. The van der Waals surface area contributed by atoms with E-state index in [0.29, 0.717) is 56.7 Å². The first-order valence-electron chi connectivity index (χ1n) is 25.1. The van der Waals surface area contributed by atoms with Gasteiger partial charge in [-0.05, 0) is 86.6 Å². The number of urea groups is 2. The minimum Gasteiger partial charge on any atom is -0.465 e. The van der Waals surface area contributed by atoms with Crippen molar-refractivity contribution < 1.29 is 43.4 Å². The summed E-state index contributed by atoms with van der Waals surface area (Å²) in [7, 11) is 3.53. The molecular weight excluding hydrogens is 1010 g/mol. The SMILES string of the molecule is CNc1cccc(NC(=O)N[C@@H]2N=C(c3ccccn3)c3ccccc3N(CC(=O)C(C)(C)CO)C2=O)c1.CNc1cccc(NC(=O)N[C@@H]2N=C(c3ccccn3)c3ccccc3N(CC(=O)C(C)(C)COC(C)=O)C2=O)c1. The van der Waals surface area contributed by atoms with Gasteiger partial charge in [-0.3, -0.25) is 33.9 Å². The molecule has 0 saturated carbocycles. The Morgan fingerprint density at radius 3 is 1.35 bits per heavy atom. The molecule has 0 radical (unpaired) electrons. The Hall–Kier alpha value is -9.63. The molecule has 8 rings (SSSR count). The lowest BCUT2D eigenvalue weighted by Gasteiger charge is -2.29. The van der Waals surface area contributed by atoms with Crippen molar-refractivity contribution in [2.24, 2.45) is 20.8 Å². The molecule has 408 valence electrons. The van der Waals surface area contributed by atoms with Gasteiger partial charge in [-0.2, -0.15) is 0 Å². The fraction of sp³-hybridized carbons (Fsp3) is 0.259. The normalized spacial score (nSPS) is 14.9. The molecule has 0 aliphatic carbocycles. The van der Waals surface area contributed by atoms with Crippen LogP contribution in [0.2, 0.25) is 0 Å². The standard InChI is InChI=1S/C30H32N6O5.C28H30N6O4/c1-19(37)41-18-30(2,3)25(38)17-36-24-14-6-5-12-22(24)26(23-13-7-8-15-32-23)34-27(28(36)39)35-29(40)33-21-11-9-10-20(16-21)31-4;1-28(2,17-35)23(36)16-34-22-13-5-4-11-20(22)24(21-12-6-7-14-30-21)32-25(26(34)37)33-27(38)31-19-10-8-9-18(15-19)29-3/h5-16,27,31H,17-18H2,1-4H3,(H2,33,35,40);4-15,25,29,35H,16-17H2,1-3H3,(H2,31,33,38)/t27-;25-/m00/s1. The summed E-state index contributed by atoms with van der Waals surface area (Å²) in [6, 6.07) is 37.6. The highest BCUT2D eigenvalue weighted by Gasteiger charge is 2.39. The Morgan fingerprint density at radius 1 is 0.557 bits per heavy atom. The quantitative estimate of drug-likeness (QED) is 0.0472. The molecule has 2 aromatic heterocycles. The number of rotatable bonds is 17. The van der Waals surface area contributed by atoms with Crippen LogP contribution in [0.5, 0.6) is 0 Å². The van der Waals surface area contributed by atoms with Crippen molar-refractivity contribution in [3.05, 3.63) is 168 Å². The molecule has 21 nitrogen and oxygen atoms in total. The van der Waals surface area contributed by atoms with Crippen LogP contribution in [0.4, 0.5) is 43.7 Å². The number of aromatic nitrogens is 2. The van der Waals surface area contributed by atoms with Crippen molar-refractivity contribution in [2.75, 3.05) is 71.5 Å². The van der Waals surface area contributed by atoms with Crippen molar-refractivity contribution in [1.29, 1.82) is 0 Å². The van der Waals surface area contributed by atoms with E-state index in [9.17, 15) is 38.7 Å². The summed E-state index contributed by atoms with van der Waals surface area (Å²) in [6.07, 6.45) is 0.492. The van der Waals surface area contributed by atoms with E-state index in [1.165, 1.54) is 16.7 Å². The van der Waals surface area contributed by atoms with Crippen LogP contribution in [-0.4, -0.2) is 121 Å². The number of carbonyl (C=O) groups excluding carboxylic acids is 7. The summed E-state index contributed by atoms with van der Waals surface area (Å²) >= 11 is 0. The number of aliphatic hydroxyl groups excluding tert-OH is 1. The summed E-state index contributed by atoms with van der Waals surface area (Å²) in [4.78, 5) is 113. The number of aliphatic hydroxyl groups is 1. The molecule has 2 aliphatic rings. The van der Waals surface area contributed by atoms with Crippen molar-refractivity contribution in [3.63, 3.8) is 0 Å². The minimum absolute atomic E-state index is 0.143. The molecule has 4 heterocycles. The Labute approximate surface area is 457 Å². The van der Waals surface area contributed by atoms with E-state index in [0.717, 1.165) is 11.4 Å². The van der Waals surface area contributed by atoms with Gasteiger partial charge in [-0.15, -0.1) is 0 Å². The second-order valence-electron chi connectivity index (χ2n) is 19.5. The third-order valence-corrected chi connectivity index (χ3v) is 12.7. The Balaban J connectivity index is 0.000000229. The number of benzene rings is 4. The van der Waals surface area contributed by atoms with E-state index in [1.807, 2.05) is 12.1 Å². The monoisotopic (exact) mass is 1070 g/mol. The number of para-hydroxylation sites is 2. The number of anilines is 6. The van der Waals surface area contributed by atoms with Crippen molar-refractivity contribution in [1.82, 2.24) is 20.6 Å². The predicted molar refractivity (Wildman–Crippen MR) is 302 cm³/mol. The van der Waals surface area contributed by atoms with Gasteiger partial charge in [0, 0.05) is 72.7 Å². The number of nitrogens with zero attached hydrogens (tertiary/aromatic N) is 6. The van der Waals surface area contributed by atoms with E-state index in [-0.39, 0.29) is 37.9 Å². The zero-order valence-electron chi connectivity index (χ0n) is 44.7. The summed E-state index contributed by atoms with van der Waals surface area (Å²) in [6.45, 7) is 6.62. The molecule has 6 amide bonds. The number of ketones is 2. The molecule has 4 aromatic carbocycles. The number of benzodiazepines with no additional fused rings is 2. The third-order valence-electron chi connectivity index (χ3n) is 12.7. The van der Waals surface area contributed by atoms with Gasteiger partial charge in [-0.1, -0.05) is 74.5 Å². The first-order chi connectivity index (χ1) is 37.8. The van der Waals surface area contributed by atoms with Gasteiger partial charge in [0.05, 0.1) is 59.3 Å². The number of aliphatic imine (C=N–C) groups is 2. The fourth-order valence-corrected chi connectivity index (χ4v) is 8.04. The maximum atomic E-state index is 14.0. The number of pyridine rings is 2. The second-order valence-corrected chi connectivity index (χ2v) is 19.5. The molecule has 0 unspecified atom stereocenters. The highest BCUT2D eigenvalue weighted by atomic mass is 16.5. The molecule has 0 saturated heterocycles. The largest absolute Gasteiger partial charge is 0.465 e. The van der Waals surface area contributed by atoms with Crippen LogP contribution in [0, 0.1) is 10.8 Å². The van der Waals surface area contributed by atoms with Crippen LogP contribution in [0.15, 0.2) is 156 Å². The highest BCUT2D eigenvalue weighted by Crippen LogP contribution is 2.32. The second kappa shape index (κ2) is 25.5. The number of esters is 1. The van der Waals surface area contributed by atoms with Gasteiger partial charge in [-0.25, -0.2) is 19.6 Å². The topological polar surface area (TPSA) is 278 Å². The van der Waals surface area contributed by atoms with Crippen molar-refractivity contribution in [3.8, 4) is 0 Å². The molecule has 7 N–H and O–H groups in total. The van der Waals surface area contributed by atoms with E-state index < -0.39 is 53.0 Å². The zero-order chi connectivity index (χ0) is 56.9. The number of ether oxygens (including phenoxy) is 1. The van der Waals surface area contributed by atoms with E-state index in [2.05, 4.69) is 51.9 Å². The first kappa shape index (κ1) is 57.1. The molecule has 79 heavy (non-hydrogen) atoms. The fourth-order valence-electron chi connectivity index (χ4n) is 8.04. The average Bonchev–Trinajstić information content (AvgIpc) is 3.72. The summed E-state index contributed by atoms with van der Waals surface area (Å²) < 4.78 is 5.10. The minimum atomic E-state index is -1.38. The number of hydrogen-bond acceptors (Lipinski definition) is 15. The maximum Gasteiger partial charge on any atom is 0.321 e. The number of carbonyl (C=O) groups is 7. The zero-order valence-corrected chi connectivity index (χ0v) is 44.7. The third kappa shape index (κ3) is 14.3. The van der Waals surface area contributed by atoms with Crippen LogP contribution >= 0.6 is 0 Å². The van der Waals surface area contributed by atoms with Crippen LogP contribution in [-0.2, 0) is 28.7 Å². The van der Waals surface area contributed by atoms with Gasteiger partial charge >= 0.3 is 18.0 Å². The van der Waals surface area contributed by atoms with E-state index in [1.54, 1.807) is 176 Å². The molecule has 0 fully saturated rings. The van der Waals surface area contributed by atoms with Crippen LogP contribution < -0.4 is 41.7 Å². The van der Waals surface area contributed by atoms with Crippen molar-refractivity contribution in [2.45, 2.75) is 47.0 Å². The predicted octanol–water partition coefficient (Wildman–Crippen LogP) is 6.66. The van der Waals surface area contributed by atoms with Crippen molar-refractivity contribution >= 4 is 87.0 Å². The number of Topliss-reactive ketones (excluding diaryl/α,β-unsaturated/α-hetero) is 2. The number of hydrogen-bond donors (Lipinski definition) is 7. The summed E-state index contributed by atoms with van der Waals surface area (Å²) in [5, 5.41) is 26.5. The number of fused-ring (bicyclic) bond motifs is 2. The van der Waals surface area contributed by atoms with Gasteiger partial charge < -0.3 is 51.5 Å². The first-order valence-corrected chi connectivity index (χ1v) is 25.1. The Morgan fingerprint density at radius 2 is 0.962 bits per heavy atom. The molecule has 6 aromatic rings. The average molecular weight is 1070 g/mol. The smallest absolute Gasteiger partial charge is 0.321 e. The van der Waals surface area contributed by atoms with E-state index >= 15 is 0 Å². The molecular formula is C58H62N12O9. The highest BCUT2D eigenvalue weighted by molar-refractivity contribution is 6.21. The Bertz CT molecular complexity index is 3290. The maximum absolute atomic E-state index is 14.0. The number of nitrogens with one attached hydrogen (secondary N) is 6. The van der Waals surface area contributed by atoms with E-state index in [4.69, 9.17) is 4.74 Å². The lowest BCUT2D eigenvalue weighted by atomic mass is 9.88. The van der Waals surface area contributed by atoms with Gasteiger partial charge in [0.25, 0.3) is 11.8 Å². The van der Waals surface area contributed by atoms with Crippen LogP contribution in [0.3, 0.4) is 0 Å². The van der Waals surface area contributed by atoms with Crippen LogP contribution in [0.25, 0.3) is 0 Å². The number of amides is 6. The molecule has 0 spiro atoms. The molecule has 2 aliphatic heterocycles. The molecule has 2 atom stereocenters. The molecule has 0 bridgehead atoms. The van der Waals surface area contributed by atoms with Gasteiger partial charge in [0.15, 0.2) is 11.6 Å². The van der Waals surface area contributed by atoms with Crippen LogP contribution in [0.1, 0.15) is 57.1 Å².